The van der Waals surface area contributed by atoms with Crippen molar-refractivity contribution in [2.75, 3.05) is 6.61 Å². The molecule has 2 aromatic rings. The maximum absolute atomic E-state index is 10.9. The summed E-state index contributed by atoms with van der Waals surface area (Å²) in [5.41, 5.74) is 1.97. The second-order valence-corrected chi connectivity index (χ2v) is 9.12. The Balaban J connectivity index is 1.47. The van der Waals surface area contributed by atoms with Gasteiger partial charge in [-0.3, -0.25) is 4.99 Å². The molecule has 0 saturated carbocycles. The topological polar surface area (TPSA) is 58.9 Å². The lowest BCUT2D eigenvalue weighted by molar-refractivity contribution is 0.0697. The molecule has 0 unspecified atom stereocenters. The summed E-state index contributed by atoms with van der Waals surface area (Å²) in [5.74, 6) is -0.0437. The second-order valence-electron chi connectivity index (χ2n) is 9.12. The first-order chi connectivity index (χ1) is 16.7. The van der Waals surface area contributed by atoms with E-state index in [4.69, 9.17) is 9.84 Å². The molecule has 0 fully saturated rings. The predicted octanol–water partition coefficient (Wildman–Crippen LogP) is 9.00. The van der Waals surface area contributed by atoms with E-state index in [1.165, 1.54) is 83.5 Å². The first kappa shape index (κ1) is 27.6. The predicted molar refractivity (Wildman–Crippen MR) is 143 cm³/mol. The minimum atomic E-state index is -0.930. The van der Waals surface area contributed by atoms with Crippen LogP contribution in [-0.2, 0) is 0 Å². The molecule has 2 aromatic carbocycles. The van der Waals surface area contributed by atoms with Gasteiger partial charge >= 0.3 is 5.97 Å². The SMILES string of the molecule is CCCCCCCCCCCCCCCCOc1ccc(C=Nc2ccc(C(=O)O)cc2)cc1. The zero-order valence-corrected chi connectivity index (χ0v) is 21.0. The maximum Gasteiger partial charge on any atom is 0.335 e. The summed E-state index contributed by atoms with van der Waals surface area (Å²) in [6.07, 6.45) is 20.8. The number of aromatic carboxylic acids is 1. The van der Waals surface area contributed by atoms with Gasteiger partial charge in [0.15, 0.2) is 0 Å². The van der Waals surface area contributed by atoms with Crippen LogP contribution in [0, 0.1) is 0 Å². The summed E-state index contributed by atoms with van der Waals surface area (Å²) in [6, 6.07) is 14.4. The van der Waals surface area contributed by atoms with Gasteiger partial charge < -0.3 is 9.84 Å². The first-order valence-corrected chi connectivity index (χ1v) is 13.3. The molecule has 0 aliphatic heterocycles. The fraction of sp³-hybridized carbons (Fsp3) is 0.533. The molecule has 0 aliphatic rings. The fourth-order valence-corrected chi connectivity index (χ4v) is 3.98. The van der Waals surface area contributed by atoms with E-state index in [2.05, 4.69) is 11.9 Å². The standard InChI is InChI=1S/C30H43NO3/c1-2-3-4-5-6-7-8-9-10-11-12-13-14-15-24-34-29-22-16-26(17-23-29)25-31-28-20-18-27(19-21-28)30(32)33/h16-23,25H,2-15,24H2,1H3,(H,32,33). The summed E-state index contributed by atoms with van der Waals surface area (Å²) in [7, 11) is 0. The molecule has 0 radical (unpaired) electrons. The van der Waals surface area contributed by atoms with Crippen molar-refractivity contribution in [3.05, 3.63) is 59.7 Å². The van der Waals surface area contributed by atoms with Crippen molar-refractivity contribution in [3.63, 3.8) is 0 Å². The van der Waals surface area contributed by atoms with Gasteiger partial charge in [0.25, 0.3) is 0 Å². The van der Waals surface area contributed by atoms with Gasteiger partial charge in [0.05, 0.1) is 17.9 Å². The van der Waals surface area contributed by atoms with E-state index < -0.39 is 5.97 Å². The molecular weight excluding hydrogens is 422 g/mol. The van der Waals surface area contributed by atoms with Crippen LogP contribution >= 0.6 is 0 Å². The van der Waals surface area contributed by atoms with Crippen LogP contribution in [0.3, 0.4) is 0 Å². The summed E-state index contributed by atoms with van der Waals surface area (Å²) < 4.78 is 5.87. The molecule has 0 amide bonds. The minimum Gasteiger partial charge on any atom is -0.494 e. The van der Waals surface area contributed by atoms with E-state index in [-0.39, 0.29) is 5.56 Å². The molecule has 0 atom stereocenters. The summed E-state index contributed by atoms with van der Waals surface area (Å²) >= 11 is 0. The van der Waals surface area contributed by atoms with E-state index >= 15 is 0 Å². The highest BCUT2D eigenvalue weighted by Gasteiger charge is 2.01. The average Bonchev–Trinajstić information content (AvgIpc) is 2.86. The summed E-state index contributed by atoms with van der Waals surface area (Å²) in [4.78, 5) is 15.3. The Bertz CT molecular complexity index is 812. The number of carbonyl (C=O) groups is 1. The Morgan fingerprint density at radius 3 is 1.74 bits per heavy atom. The van der Waals surface area contributed by atoms with E-state index in [1.807, 2.05) is 24.3 Å². The zero-order chi connectivity index (χ0) is 24.3. The van der Waals surface area contributed by atoms with Crippen molar-refractivity contribution in [3.8, 4) is 5.75 Å². The molecule has 0 heterocycles. The lowest BCUT2D eigenvalue weighted by atomic mass is 10.0. The zero-order valence-electron chi connectivity index (χ0n) is 21.0. The molecule has 4 heteroatoms. The van der Waals surface area contributed by atoms with Gasteiger partial charge in [0.2, 0.25) is 0 Å². The molecule has 0 aliphatic carbocycles. The Labute approximate surface area is 206 Å². The number of nitrogens with zero attached hydrogens (tertiary/aromatic N) is 1. The Morgan fingerprint density at radius 2 is 1.24 bits per heavy atom. The molecule has 0 aromatic heterocycles. The number of hydrogen-bond acceptors (Lipinski definition) is 3. The smallest absolute Gasteiger partial charge is 0.335 e. The van der Waals surface area contributed by atoms with Gasteiger partial charge in [-0.1, -0.05) is 90.4 Å². The van der Waals surface area contributed by atoms with Crippen LogP contribution in [-0.4, -0.2) is 23.9 Å². The van der Waals surface area contributed by atoms with Crippen molar-refractivity contribution in [2.24, 2.45) is 4.99 Å². The number of unbranched alkanes of at least 4 members (excludes halogenated alkanes) is 13. The van der Waals surface area contributed by atoms with Crippen molar-refractivity contribution >= 4 is 17.9 Å². The fourth-order valence-electron chi connectivity index (χ4n) is 3.98. The highest BCUT2D eigenvalue weighted by atomic mass is 16.5. The van der Waals surface area contributed by atoms with E-state index in [0.29, 0.717) is 0 Å². The molecular formula is C30H43NO3. The van der Waals surface area contributed by atoms with Crippen molar-refractivity contribution in [1.82, 2.24) is 0 Å². The summed E-state index contributed by atoms with van der Waals surface area (Å²) in [5, 5.41) is 8.94. The van der Waals surface area contributed by atoms with Gasteiger partial charge in [-0.25, -0.2) is 4.79 Å². The third-order valence-electron chi connectivity index (χ3n) is 6.12. The number of carboxylic acid groups (broad SMARTS) is 1. The van der Waals surface area contributed by atoms with E-state index in [1.54, 1.807) is 30.5 Å². The van der Waals surface area contributed by atoms with Crippen LogP contribution in [0.1, 0.15) is 113 Å². The third kappa shape index (κ3) is 12.6. The normalized spacial score (nSPS) is 11.2. The molecule has 34 heavy (non-hydrogen) atoms. The average molecular weight is 466 g/mol. The number of ether oxygens (including phenoxy) is 1. The number of carboxylic acids is 1. The molecule has 1 N–H and O–H groups in total. The van der Waals surface area contributed by atoms with Gasteiger partial charge in [-0.05, 0) is 60.5 Å². The van der Waals surface area contributed by atoms with Gasteiger partial charge in [-0.15, -0.1) is 0 Å². The largest absolute Gasteiger partial charge is 0.494 e. The van der Waals surface area contributed by atoms with Gasteiger partial charge in [-0.2, -0.15) is 0 Å². The number of aliphatic imine (C=N–C) groups is 1. The van der Waals surface area contributed by atoms with Crippen molar-refractivity contribution < 1.29 is 14.6 Å². The van der Waals surface area contributed by atoms with E-state index in [0.717, 1.165) is 30.0 Å². The van der Waals surface area contributed by atoms with Crippen LogP contribution in [0.15, 0.2) is 53.5 Å². The van der Waals surface area contributed by atoms with Gasteiger partial charge in [0, 0.05) is 6.21 Å². The molecule has 0 bridgehead atoms. The second kappa shape index (κ2) is 17.8. The Morgan fingerprint density at radius 1 is 0.735 bits per heavy atom. The number of hydrogen-bond donors (Lipinski definition) is 1. The highest BCUT2D eigenvalue weighted by Crippen LogP contribution is 2.16. The van der Waals surface area contributed by atoms with Crippen LogP contribution in [0.5, 0.6) is 5.75 Å². The molecule has 4 nitrogen and oxygen atoms in total. The quantitative estimate of drug-likeness (QED) is 0.166. The lowest BCUT2D eigenvalue weighted by Crippen LogP contribution is -1.97. The molecule has 2 rings (SSSR count). The summed E-state index contributed by atoms with van der Waals surface area (Å²) in [6.45, 7) is 3.04. The maximum atomic E-state index is 10.9. The lowest BCUT2D eigenvalue weighted by Gasteiger charge is -2.06. The minimum absolute atomic E-state index is 0.263. The van der Waals surface area contributed by atoms with Crippen LogP contribution in [0.25, 0.3) is 0 Å². The Kier molecular flexibility index (Phi) is 14.5. The monoisotopic (exact) mass is 465 g/mol. The number of rotatable bonds is 19. The molecule has 186 valence electrons. The van der Waals surface area contributed by atoms with E-state index in [9.17, 15) is 4.79 Å². The van der Waals surface area contributed by atoms with Crippen LogP contribution < -0.4 is 4.74 Å². The number of benzene rings is 2. The first-order valence-electron chi connectivity index (χ1n) is 13.3. The Hall–Kier alpha value is -2.62. The van der Waals surface area contributed by atoms with Crippen LogP contribution in [0.2, 0.25) is 0 Å². The van der Waals surface area contributed by atoms with Crippen LogP contribution in [0.4, 0.5) is 5.69 Å². The van der Waals surface area contributed by atoms with Crippen molar-refractivity contribution in [2.45, 2.75) is 96.8 Å². The highest BCUT2D eigenvalue weighted by molar-refractivity contribution is 5.88. The molecule has 0 spiro atoms. The third-order valence-corrected chi connectivity index (χ3v) is 6.12. The molecule has 0 saturated heterocycles. The van der Waals surface area contributed by atoms with Gasteiger partial charge in [0.1, 0.15) is 5.75 Å². The van der Waals surface area contributed by atoms with Crippen molar-refractivity contribution in [1.29, 1.82) is 0 Å².